The van der Waals surface area contributed by atoms with Gasteiger partial charge in [-0.25, -0.2) is 4.98 Å². The van der Waals surface area contributed by atoms with Gasteiger partial charge in [-0.2, -0.15) is 0 Å². The number of aromatic nitrogens is 2. The number of rotatable bonds is 3. The number of ether oxygens (including phenoxy) is 1. The average molecular weight is 504 g/mol. The maximum absolute atomic E-state index is 13.4. The number of thiazole rings is 1. The van der Waals surface area contributed by atoms with E-state index in [2.05, 4.69) is 9.97 Å². The number of aryl methyl sites for hydroxylation is 1. The molecule has 7 nitrogen and oxygen atoms in total. The molecule has 1 amide bonds. The minimum Gasteiger partial charge on any atom is -0.507 e. The van der Waals surface area contributed by atoms with Crippen LogP contribution in [0.1, 0.15) is 28.4 Å². The summed E-state index contributed by atoms with van der Waals surface area (Å²) in [5.74, 6) is -1.06. The second-order valence-electron chi connectivity index (χ2n) is 8.41. The summed E-state index contributed by atoms with van der Waals surface area (Å²) in [6.45, 7) is 2.46. The summed E-state index contributed by atoms with van der Waals surface area (Å²) in [6.07, 6.45) is 2.30. The number of anilines is 1. The summed E-state index contributed by atoms with van der Waals surface area (Å²) in [6, 6.07) is 13.2. The molecule has 1 fully saturated rings. The van der Waals surface area contributed by atoms with Crippen molar-refractivity contribution in [2.24, 2.45) is 0 Å². The lowest BCUT2D eigenvalue weighted by Crippen LogP contribution is -2.29. The molecular weight excluding hydrogens is 486 g/mol. The summed E-state index contributed by atoms with van der Waals surface area (Å²) < 4.78 is 6.39. The number of pyridine rings is 1. The van der Waals surface area contributed by atoms with Gasteiger partial charge in [0.05, 0.1) is 28.1 Å². The van der Waals surface area contributed by atoms with Crippen molar-refractivity contribution in [3.05, 3.63) is 87.7 Å². The van der Waals surface area contributed by atoms with Crippen molar-refractivity contribution in [2.45, 2.75) is 19.4 Å². The van der Waals surface area contributed by atoms with Gasteiger partial charge in [-0.3, -0.25) is 19.5 Å². The fraction of sp³-hybridized carbons (Fsp3) is 0.154. The van der Waals surface area contributed by atoms with E-state index in [1.165, 1.54) is 16.2 Å². The minimum absolute atomic E-state index is 0.0268. The Kier molecular flexibility index (Phi) is 5.09. The normalized spacial score (nSPS) is 18.8. The fourth-order valence-electron chi connectivity index (χ4n) is 4.48. The lowest BCUT2D eigenvalue weighted by Gasteiger charge is -2.22. The molecule has 0 saturated carbocycles. The molecule has 0 bridgehead atoms. The highest BCUT2D eigenvalue weighted by atomic mass is 35.5. The molecule has 0 radical (unpaired) electrons. The second-order valence-corrected chi connectivity index (χ2v) is 9.83. The zero-order chi connectivity index (χ0) is 24.3. The summed E-state index contributed by atoms with van der Waals surface area (Å²) in [7, 11) is 0. The van der Waals surface area contributed by atoms with E-state index >= 15 is 0 Å². The van der Waals surface area contributed by atoms with Crippen LogP contribution in [0.2, 0.25) is 5.02 Å². The van der Waals surface area contributed by atoms with Crippen LogP contribution in [0.3, 0.4) is 0 Å². The van der Waals surface area contributed by atoms with Crippen LogP contribution in [0.5, 0.6) is 5.75 Å². The second kappa shape index (κ2) is 8.18. The Hall–Kier alpha value is -3.75. The molecule has 2 aromatic heterocycles. The van der Waals surface area contributed by atoms with Gasteiger partial charge in [0.25, 0.3) is 5.78 Å². The lowest BCUT2D eigenvalue weighted by molar-refractivity contribution is -0.132. The van der Waals surface area contributed by atoms with Gasteiger partial charge in [0.2, 0.25) is 0 Å². The number of carbonyl (C=O) groups is 2. The molecule has 2 aliphatic rings. The van der Waals surface area contributed by atoms with E-state index in [4.69, 9.17) is 16.3 Å². The number of ketones is 1. The molecule has 35 heavy (non-hydrogen) atoms. The van der Waals surface area contributed by atoms with Crippen LogP contribution in [-0.4, -0.2) is 33.4 Å². The zero-order valence-electron chi connectivity index (χ0n) is 18.5. The molecule has 1 unspecified atom stereocenters. The van der Waals surface area contributed by atoms with Gasteiger partial charge in [0.15, 0.2) is 5.13 Å². The van der Waals surface area contributed by atoms with E-state index in [0.29, 0.717) is 40.0 Å². The maximum atomic E-state index is 13.4. The Labute approximate surface area is 209 Å². The van der Waals surface area contributed by atoms with Gasteiger partial charge in [-0.05, 0) is 60.5 Å². The molecule has 2 aromatic carbocycles. The molecule has 4 heterocycles. The van der Waals surface area contributed by atoms with Gasteiger partial charge in [0, 0.05) is 23.2 Å². The van der Waals surface area contributed by atoms with Crippen molar-refractivity contribution in [2.75, 3.05) is 11.5 Å². The number of fused-ring (bicyclic) bond motifs is 2. The van der Waals surface area contributed by atoms with Crippen molar-refractivity contribution < 1.29 is 19.4 Å². The first-order valence-electron chi connectivity index (χ1n) is 11.0. The highest BCUT2D eigenvalue weighted by molar-refractivity contribution is 7.22. The van der Waals surface area contributed by atoms with Gasteiger partial charge in [0.1, 0.15) is 17.6 Å². The van der Waals surface area contributed by atoms with E-state index in [9.17, 15) is 14.7 Å². The third-order valence-electron chi connectivity index (χ3n) is 6.24. The number of hydrogen-bond acceptors (Lipinski definition) is 7. The molecule has 0 aliphatic carbocycles. The van der Waals surface area contributed by atoms with Crippen LogP contribution >= 0.6 is 22.9 Å². The van der Waals surface area contributed by atoms with E-state index in [0.717, 1.165) is 21.6 Å². The Bertz CT molecular complexity index is 1520. The minimum atomic E-state index is -0.933. The van der Waals surface area contributed by atoms with Crippen LogP contribution in [0, 0.1) is 6.92 Å². The topological polar surface area (TPSA) is 92.6 Å². The van der Waals surface area contributed by atoms with Crippen molar-refractivity contribution in [1.82, 2.24) is 9.97 Å². The number of halogens is 1. The lowest BCUT2D eigenvalue weighted by atomic mass is 9.97. The third kappa shape index (κ3) is 3.48. The average Bonchev–Trinajstić information content (AvgIpc) is 3.55. The van der Waals surface area contributed by atoms with E-state index in [1.807, 2.05) is 13.0 Å². The fourth-order valence-corrected chi connectivity index (χ4v) is 5.71. The predicted molar refractivity (Wildman–Crippen MR) is 134 cm³/mol. The maximum Gasteiger partial charge on any atom is 0.301 e. The van der Waals surface area contributed by atoms with Gasteiger partial charge < -0.3 is 9.84 Å². The SMILES string of the molecule is Cc1cc2sc(N3C(=O)C(=O)/C(=C(/O)c4ccc5c(c4)CCO5)C3c3ccccn3)nc2cc1Cl. The van der Waals surface area contributed by atoms with E-state index in [-0.39, 0.29) is 11.3 Å². The Morgan fingerprint density at radius 3 is 2.86 bits per heavy atom. The number of nitrogens with zero attached hydrogens (tertiary/aromatic N) is 3. The highest BCUT2D eigenvalue weighted by Crippen LogP contribution is 2.44. The summed E-state index contributed by atoms with van der Waals surface area (Å²) in [5, 5.41) is 12.2. The Morgan fingerprint density at radius 1 is 1.20 bits per heavy atom. The van der Waals surface area contributed by atoms with Crippen LogP contribution in [0.15, 0.2) is 60.3 Å². The van der Waals surface area contributed by atoms with Crippen molar-refractivity contribution in [3.8, 4) is 5.75 Å². The Balaban J connectivity index is 1.54. The van der Waals surface area contributed by atoms with E-state index < -0.39 is 17.7 Å². The Morgan fingerprint density at radius 2 is 2.06 bits per heavy atom. The first-order valence-corrected chi connectivity index (χ1v) is 12.2. The number of carbonyl (C=O) groups excluding carboxylic acids is 2. The summed E-state index contributed by atoms with van der Waals surface area (Å²) in [5.41, 5.74) is 3.32. The van der Waals surface area contributed by atoms with Gasteiger partial charge in [-0.15, -0.1) is 0 Å². The number of amides is 1. The largest absolute Gasteiger partial charge is 0.507 e. The van der Waals surface area contributed by atoms with Crippen molar-refractivity contribution in [3.63, 3.8) is 0 Å². The molecule has 2 aliphatic heterocycles. The number of aliphatic hydroxyl groups excluding tert-OH is 1. The molecule has 9 heteroatoms. The summed E-state index contributed by atoms with van der Waals surface area (Å²) in [4.78, 5) is 37.0. The predicted octanol–water partition coefficient (Wildman–Crippen LogP) is 5.21. The first-order chi connectivity index (χ1) is 16.9. The molecule has 174 valence electrons. The molecule has 1 N–H and O–H groups in total. The van der Waals surface area contributed by atoms with Crippen molar-refractivity contribution in [1.29, 1.82) is 0 Å². The number of hydrogen-bond donors (Lipinski definition) is 1. The van der Waals surface area contributed by atoms with Crippen molar-refractivity contribution >= 4 is 55.7 Å². The van der Waals surface area contributed by atoms with Gasteiger partial charge >= 0.3 is 5.91 Å². The number of aliphatic hydroxyl groups is 1. The first kappa shape index (κ1) is 21.8. The summed E-state index contributed by atoms with van der Waals surface area (Å²) >= 11 is 7.56. The number of Topliss-reactive ketones (excluding diaryl/α,β-unsaturated/α-hetero) is 1. The van der Waals surface area contributed by atoms with Crippen LogP contribution < -0.4 is 9.64 Å². The monoisotopic (exact) mass is 503 g/mol. The van der Waals surface area contributed by atoms with Crippen LogP contribution in [0.4, 0.5) is 5.13 Å². The standard InChI is InChI=1S/C26H18ClN3O4S/c1-13-10-20-18(12-16(13)27)29-26(35-20)30-22(17-4-2-3-8-28-17)21(24(32)25(30)33)23(31)15-5-6-19-14(11-15)7-9-34-19/h2-6,8,10-12,22,31H,7,9H2,1H3/b23-21+. The number of benzene rings is 2. The third-order valence-corrected chi connectivity index (χ3v) is 7.66. The van der Waals surface area contributed by atoms with Crippen LogP contribution in [0.25, 0.3) is 16.0 Å². The smallest absolute Gasteiger partial charge is 0.301 e. The molecule has 1 saturated heterocycles. The quantitative estimate of drug-likeness (QED) is 0.234. The van der Waals surface area contributed by atoms with Gasteiger partial charge in [-0.1, -0.05) is 29.0 Å². The molecular formula is C26H18ClN3O4S. The highest BCUT2D eigenvalue weighted by Gasteiger charge is 2.49. The molecule has 6 rings (SSSR count). The van der Waals surface area contributed by atoms with E-state index in [1.54, 1.807) is 48.7 Å². The molecule has 1 atom stereocenters. The molecule has 0 spiro atoms. The zero-order valence-corrected chi connectivity index (χ0v) is 20.1. The molecule has 4 aromatic rings. The van der Waals surface area contributed by atoms with Crippen LogP contribution in [-0.2, 0) is 16.0 Å².